The average Bonchev–Trinajstić information content (AvgIpc) is 2.39. The summed E-state index contributed by atoms with van der Waals surface area (Å²) in [6, 6.07) is 7.34. The molecular formula is C13H17NO2S. The van der Waals surface area contributed by atoms with E-state index in [1.165, 1.54) is 0 Å². The zero-order valence-corrected chi connectivity index (χ0v) is 10.8. The highest BCUT2D eigenvalue weighted by Gasteiger charge is 2.23. The van der Waals surface area contributed by atoms with Crippen LogP contribution in [-0.2, 0) is 4.74 Å². The number of likely N-dealkylation sites (tertiary alicyclic amines) is 1. The van der Waals surface area contributed by atoms with Crippen LogP contribution in [0.2, 0.25) is 0 Å². The summed E-state index contributed by atoms with van der Waals surface area (Å²) in [5, 5.41) is 0. The number of ether oxygens (including phenoxy) is 1. The number of carbonyl (C=O) groups is 1. The first kappa shape index (κ1) is 12.5. The molecule has 4 heteroatoms. The zero-order valence-electron chi connectivity index (χ0n) is 9.93. The van der Waals surface area contributed by atoms with Crippen molar-refractivity contribution >= 4 is 18.5 Å². The first-order valence-electron chi connectivity index (χ1n) is 5.82. The Morgan fingerprint density at radius 1 is 1.29 bits per heavy atom. The molecule has 0 radical (unpaired) electrons. The quantitative estimate of drug-likeness (QED) is 0.817. The number of hydrogen-bond donors (Lipinski definition) is 1. The van der Waals surface area contributed by atoms with Gasteiger partial charge < -0.3 is 9.64 Å². The van der Waals surface area contributed by atoms with E-state index < -0.39 is 0 Å². The summed E-state index contributed by atoms with van der Waals surface area (Å²) in [4.78, 5) is 14.9. The topological polar surface area (TPSA) is 29.5 Å². The van der Waals surface area contributed by atoms with Crippen LogP contribution in [0.15, 0.2) is 29.2 Å². The van der Waals surface area contributed by atoms with Crippen molar-refractivity contribution in [2.45, 2.75) is 23.8 Å². The van der Waals surface area contributed by atoms with E-state index in [1.807, 2.05) is 29.2 Å². The lowest BCUT2D eigenvalue weighted by Gasteiger charge is -2.31. The van der Waals surface area contributed by atoms with Crippen LogP contribution in [0, 0.1) is 0 Å². The Bertz CT molecular complexity index is 383. The van der Waals surface area contributed by atoms with Gasteiger partial charge in [0.05, 0.1) is 6.10 Å². The summed E-state index contributed by atoms with van der Waals surface area (Å²) in [5.41, 5.74) is 0.735. The van der Waals surface area contributed by atoms with Crippen LogP contribution in [0.25, 0.3) is 0 Å². The molecule has 92 valence electrons. The highest BCUT2D eigenvalue weighted by atomic mass is 32.1. The predicted molar refractivity (Wildman–Crippen MR) is 69.6 cm³/mol. The Kier molecular flexibility index (Phi) is 4.07. The Balaban J connectivity index is 1.99. The molecule has 0 aromatic heterocycles. The van der Waals surface area contributed by atoms with E-state index in [0.717, 1.165) is 36.4 Å². The molecule has 0 N–H and O–H groups in total. The van der Waals surface area contributed by atoms with Crippen LogP contribution in [0.4, 0.5) is 0 Å². The molecule has 0 aliphatic carbocycles. The van der Waals surface area contributed by atoms with E-state index in [9.17, 15) is 4.79 Å². The zero-order chi connectivity index (χ0) is 12.3. The van der Waals surface area contributed by atoms with Crippen molar-refractivity contribution in [2.24, 2.45) is 0 Å². The second-order valence-electron chi connectivity index (χ2n) is 4.27. The highest BCUT2D eigenvalue weighted by molar-refractivity contribution is 7.80. The molecule has 1 aliphatic rings. The Labute approximate surface area is 107 Å². The van der Waals surface area contributed by atoms with Gasteiger partial charge in [-0.05, 0) is 37.1 Å². The molecule has 1 aliphatic heterocycles. The van der Waals surface area contributed by atoms with Crippen LogP contribution in [0.3, 0.4) is 0 Å². The summed E-state index contributed by atoms with van der Waals surface area (Å²) in [6.07, 6.45) is 2.15. The third-order valence-electron chi connectivity index (χ3n) is 3.18. The van der Waals surface area contributed by atoms with E-state index in [0.29, 0.717) is 6.10 Å². The lowest BCUT2D eigenvalue weighted by molar-refractivity contribution is 0.0351. The molecule has 1 fully saturated rings. The van der Waals surface area contributed by atoms with E-state index >= 15 is 0 Å². The summed E-state index contributed by atoms with van der Waals surface area (Å²) >= 11 is 4.21. The summed E-state index contributed by atoms with van der Waals surface area (Å²) in [6.45, 7) is 1.56. The van der Waals surface area contributed by atoms with Crippen molar-refractivity contribution in [3.8, 4) is 0 Å². The minimum atomic E-state index is 0.105. The number of hydrogen-bond acceptors (Lipinski definition) is 3. The van der Waals surface area contributed by atoms with Gasteiger partial charge in [0.2, 0.25) is 0 Å². The van der Waals surface area contributed by atoms with Gasteiger partial charge in [-0.15, -0.1) is 12.6 Å². The van der Waals surface area contributed by atoms with Gasteiger partial charge in [0.15, 0.2) is 0 Å². The molecule has 1 aromatic carbocycles. The number of piperidine rings is 1. The van der Waals surface area contributed by atoms with E-state index in [-0.39, 0.29) is 5.91 Å². The monoisotopic (exact) mass is 251 g/mol. The van der Waals surface area contributed by atoms with Crippen molar-refractivity contribution < 1.29 is 9.53 Å². The summed E-state index contributed by atoms with van der Waals surface area (Å²) in [7, 11) is 1.73. The van der Waals surface area contributed by atoms with Gasteiger partial charge in [0.1, 0.15) is 0 Å². The molecule has 1 heterocycles. The van der Waals surface area contributed by atoms with Gasteiger partial charge in [-0.3, -0.25) is 4.79 Å². The van der Waals surface area contributed by atoms with Gasteiger partial charge in [0.25, 0.3) is 5.91 Å². The maximum Gasteiger partial charge on any atom is 0.253 e. The van der Waals surface area contributed by atoms with Gasteiger partial charge in [-0.25, -0.2) is 0 Å². The third kappa shape index (κ3) is 3.01. The first-order chi connectivity index (χ1) is 8.20. The Morgan fingerprint density at radius 3 is 2.41 bits per heavy atom. The minimum absolute atomic E-state index is 0.105. The van der Waals surface area contributed by atoms with Gasteiger partial charge >= 0.3 is 0 Å². The van der Waals surface area contributed by atoms with Gasteiger partial charge in [-0.1, -0.05) is 0 Å². The lowest BCUT2D eigenvalue weighted by atomic mass is 10.1. The number of thiol groups is 1. The normalized spacial score (nSPS) is 17.2. The molecule has 0 bridgehead atoms. The van der Waals surface area contributed by atoms with Crippen molar-refractivity contribution in [1.82, 2.24) is 4.90 Å². The Hall–Kier alpha value is -1.00. The lowest BCUT2D eigenvalue weighted by Crippen LogP contribution is -2.40. The molecule has 0 spiro atoms. The second kappa shape index (κ2) is 5.56. The average molecular weight is 251 g/mol. The predicted octanol–water partition coefficient (Wildman–Crippen LogP) is 2.23. The SMILES string of the molecule is COC1CCN(C(=O)c2ccc(S)cc2)CC1. The first-order valence-corrected chi connectivity index (χ1v) is 6.26. The molecule has 1 saturated heterocycles. The van der Waals surface area contributed by atoms with Crippen LogP contribution in [-0.4, -0.2) is 37.1 Å². The second-order valence-corrected chi connectivity index (χ2v) is 4.79. The molecule has 0 atom stereocenters. The van der Waals surface area contributed by atoms with Crippen LogP contribution < -0.4 is 0 Å². The van der Waals surface area contributed by atoms with Crippen molar-refractivity contribution in [2.75, 3.05) is 20.2 Å². The third-order valence-corrected chi connectivity index (χ3v) is 3.47. The van der Waals surface area contributed by atoms with Crippen molar-refractivity contribution in [3.63, 3.8) is 0 Å². The van der Waals surface area contributed by atoms with E-state index in [2.05, 4.69) is 12.6 Å². The number of benzene rings is 1. The fraction of sp³-hybridized carbons (Fsp3) is 0.462. The molecule has 0 unspecified atom stereocenters. The molecule has 17 heavy (non-hydrogen) atoms. The van der Waals surface area contributed by atoms with E-state index in [1.54, 1.807) is 7.11 Å². The molecule has 1 amide bonds. The van der Waals surface area contributed by atoms with Crippen molar-refractivity contribution in [1.29, 1.82) is 0 Å². The maximum absolute atomic E-state index is 12.2. The molecule has 2 rings (SSSR count). The fourth-order valence-electron chi connectivity index (χ4n) is 2.08. The number of amides is 1. The van der Waals surface area contributed by atoms with Gasteiger partial charge in [0, 0.05) is 30.7 Å². The van der Waals surface area contributed by atoms with Crippen molar-refractivity contribution in [3.05, 3.63) is 29.8 Å². The number of rotatable bonds is 2. The van der Waals surface area contributed by atoms with Gasteiger partial charge in [-0.2, -0.15) is 0 Å². The standard InChI is InChI=1S/C13H17NO2S/c1-16-11-6-8-14(9-7-11)13(15)10-2-4-12(17)5-3-10/h2-5,11,17H,6-9H2,1H3. The number of carbonyl (C=O) groups excluding carboxylic acids is 1. The van der Waals surface area contributed by atoms with Crippen LogP contribution in [0.5, 0.6) is 0 Å². The molecule has 0 saturated carbocycles. The summed E-state index contributed by atoms with van der Waals surface area (Å²) in [5.74, 6) is 0.105. The van der Waals surface area contributed by atoms with Crippen LogP contribution >= 0.6 is 12.6 Å². The minimum Gasteiger partial charge on any atom is -0.381 e. The smallest absolute Gasteiger partial charge is 0.253 e. The highest BCUT2D eigenvalue weighted by Crippen LogP contribution is 2.16. The van der Waals surface area contributed by atoms with Crippen LogP contribution in [0.1, 0.15) is 23.2 Å². The maximum atomic E-state index is 12.2. The Morgan fingerprint density at radius 2 is 1.88 bits per heavy atom. The molecule has 3 nitrogen and oxygen atoms in total. The largest absolute Gasteiger partial charge is 0.381 e. The summed E-state index contributed by atoms with van der Waals surface area (Å²) < 4.78 is 5.29. The fourth-order valence-corrected chi connectivity index (χ4v) is 2.23. The molecule has 1 aromatic rings. The van der Waals surface area contributed by atoms with E-state index in [4.69, 9.17) is 4.74 Å². The number of nitrogens with zero attached hydrogens (tertiary/aromatic N) is 1. The number of methoxy groups -OCH3 is 1. The molecular weight excluding hydrogens is 234 g/mol.